The lowest BCUT2D eigenvalue weighted by Crippen LogP contribution is -1.84. The fraction of sp³-hybridized carbons (Fsp3) is 0.0769. The number of phenolic OH excluding ortho intramolecular Hbond substituents is 1. The molecule has 2 heterocycles. The van der Waals surface area contributed by atoms with Gasteiger partial charge in [-0.15, -0.1) is 0 Å². The fourth-order valence-corrected chi connectivity index (χ4v) is 1.81. The summed E-state index contributed by atoms with van der Waals surface area (Å²) in [5, 5.41) is 9.72. The van der Waals surface area contributed by atoms with Crippen LogP contribution in [0.1, 0.15) is 5.69 Å². The number of nitrogens with one attached hydrogen (secondary N) is 1. The molecule has 18 heavy (non-hydrogen) atoms. The highest BCUT2D eigenvalue weighted by atomic mass is 19.1. The van der Waals surface area contributed by atoms with Gasteiger partial charge in [-0.1, -0.05) is 0 Å². The van der Waals surface area contributed by atoms with Crippen LogP contribution in [0.25, 0.3) is 22.6 Å². The molecule has 0 radical (unpaired) electrons. The Bertz CT molecular complexity index is 736. The number of hydrogen-bond donors (Lipinski definition) is 2. The highest BCUT2D eigenvalue weighted by molar-refractivity contribution is 5.77. The molecule has 90 valence electrons. The van der Waals surface area contributed by atoms with Crippen LogP contribution in [0, 0.1) is 12.7 Å². The first-order valence-electron chi connectivity index (χ1n) is 5.46. The van der Waals surface area contributed by atoms with Crippen molar-refractivity contribution < 1.29 is 9.50 Å². The van der Waals surface area contributed by atoms with E-state index in [-0.39, 0.29) is 5.75 Å². The standard InChI is InChI=1S/C13H10FN3O/c1-7-2-4-10-13(15-7)17-12(16-10)9-6-8(14)3-5-11(9)18/h2-6,18H,1H3,(H,15,16,17). The van der Waals surface area contributed by atoms with Crippen LogP contribution < -0.4 is 0 Å². The minimum atomic E-state index is -0.424. The molecular weight excluding hydrogens is 233 g/mol. The third-order valence-electron chi connectivity index (χ3n) is 2.70. The number of aryl methyl sites for hydroxylation is 1. The Morgan fingerprint density at radius 2 is 2.00 bits per heavy atom. The summed E-state index contributed by atoms with van der Waals surface area (Å²) in [7, 11) is 0. The van der Waals surface area contributed by atoms with Crippen molar-refractivity contribution in [3.05, 3.63) is 41.8 Å². The minimum Gasteiger partial charge on any atom is -0.507 e. The van der Waals surface area contributed by atoms with E-state index in [4.69, 9.17) is 0 Å². The van der Waals surface area contributed by atoms with Crippen LogP contribution in [-0.4, -0.2) is 20.1 Å². The monoisotopic (exact) mass is 243 g/mol. The summed E-state index contributed by atoms with van der Waals surface area (Å²) in [6.07, 6.45) is 0. The van der Waals surface area contributed by atoms with Gasteiger partial charge in [-0.25, -0.2) is 14.4 Å². The number of nitrogens with zero attached hydrogens (tertiary/aromatic N) is 2. The van der Waals surface area contributed by atoms with E-state index in [1.165, 1.54) is 18.2 Å². The summed E-state index contributed by atoms with van der Waals surface area (Å²) >= 11 is 0. The predicted octanol–water partition coefficient (Wildman–Crippen LogP) is 2.78. The summed E-state index contributed by atoms with van der Waals surface area (Å²) in [6.45, 7) is 1.87. The molecule has 4 nitrogen and oxygen atoms in total. The van der Waals surface area contributed by atoms with E-state index in [9.17, 15) is 9.50 Å². The maximum absolute atomic E-state index is 13.2. The first kappa shape index (κ1) is 10.7. The number of pyridine rings is 1. The van der Waals surface area contributed by atoms with E-state index >= 15 is 0 Å². The van der Waals surface area contributed by atoms with Crippen molar-refractivity contribution in [3.63, 3.8) is 0 Å². The Morgan fingerprint density at radius 3 is 2.83 bits per heavy atom. The van der Waals surface area contributed by atoms with Crippen molar-refractivity contribution in [1.82, 2.24) is 15.0 Å². The van der Waals surface area contributed by atoms with Crippen molar-refractivity contribution in [1.29, 1.82) is 0 Å². The Morgan fingerprint density at radius 1 is 1.17 bits per heavy atom. The zero-order valence-electron chi connectivity index (χ0n) is 9.61. The number of rotatable bonds is 1. The van der Waals surface area contributed by atoms with E-state index in [0.717, 1.165) is 11.2 Å². The summed E-state index contributed by atoms with van der Waals surface area (Å²) in [4.78, 5) is 11.5. The first-order chi connectivity index (χ1) is 8.63. The second-order valence-electron chi connectivity index (χ2n) is 4.07. The molecule has 2 aromatic heterocycles. The molecule has 0 aliphatic heterocycles. The van der Waals surface area contributed by atoms with Crippen molar-refractivity contribution in [2.75, 3.05) is 0 Å². The smallest absolute Gasteiger partial charge is 0.178 e. The van der Waals surface area contributed by atoms with E-state index in [0.29, 0.717) is 17.0 Å². The number of hydrogen-bond acceptors (Lipinski definition) is 3. The third kappa shape index (κ3) is 1.69. The number of phenols is 1. The number of aromatic hydroxyl groups is 1. The van der Waals surface area contributed by atoms with E-state index in [2.05, 4.69) is 15.0 Å². The number of aromatic nitrogens is 3. The van der Waals surface area contributed by atoms with E-state index in [1.54, 1.807) is 0 Å². The van der Waals surface area contributed by atoms with Gasteiger partial charge in [0.05, 0.1) is 11.1 Å². The number of fused-ring (bicyclic) bond motifs is 1. The molecule has 3 rings (SSSR count). The third-order valence-corrected chi connectivity index (χ3v) is 2.70. The van der Waals surface area contributed by atoms with Gasteiger partial charge in [0.2, 0.25) is 0 Å². The molecule has 5 heteroatoms. The van der Waals surface area contributed by atoms with Gasteiger partial charge in [-0.2, -0.15) is 0 Å². The summed E-state index contributed by atoms with van der Waals surface area (Å²) in [6, 6.07) is 7.45. The van der Waals surface area contributed by atoms with Crippen molar-refractivity contribution in [3.8, 4) is 17.1 Å². The maximum atomic E-state index is 13.2. The van der Waals surface area contributed by atoms with Crippen LogP contribution in [0.2, 0.25) is 0 Å². The molecule has 1 aromatic carbocycles. The lowest BCUT2D eigenvalue weighted by molar-refractivity contribution is 0.475. The number of benzene rings is 1. The zero-order chi connectivity index (χ0) is 12.7. The topological polar surface area (TPSA) is 61.8 Å². The number of aromatic amines is 1. The van der Waals surface area contributed by atoms with Gasteiger partial charge in [0, 0.05) is 5.69 Å². The predicted molar refractivity (Wildman–Crippen MR) is 65.7 cm³/mol. The van der Waals surface area contributed by atoms with Gasteiger partial charge in [-0.05, 0) is 37.3 Å². The molecule has 0 atom stereocenters. The van der Waals surface area contributed by atoms with Crippen LogP contribution >= 0.6 is 0 Å². The minimum absolute atomic E-state index is 0.0211. The van der Waals surface area contributed by atoms with Gasteiger partial charge in [-0.3, -0.25) is 0 Å². The molecular formula is C13H10FN3O. The number of H-pyrrole nitrogens is 1. The number of imidazole rings is 1. The molecule has 0 saturated heterocycles. The normalized spacial score (nSPS) is 11.0. The highest BCUT2D eigenvalue weighted by Crippen LogP contribution is 2.28. The van der Waals surface area contributed by atoms with E-state index < -0.39 is 5.82 Å². The Kier molecular flexibility index (Phi) is 2.26. The van der Waals surface area contributed by atoms with Crippen LogP contribution in [0.3, 0.4) is 0 Å². The Hall–Kier alpha value is -2.43. The largest absolute Gasteiger partial charge is 0.507 e. The van der Waals surface area contributed by atoms with Crippen LogP contribution in [-0.2, 0) is 0 Å². The molecule has 0 bridgehead atoms. The molecule has 0 saturated carbocycles. The zero-order valence-corrected chi connectivity index (χ0v) is 9.61. The Balaban J connectivity index is 2.22. The molecule has 0 aliphatic carbocycles. The van der Waals surface area contributed by atoms with Gasteiger partial charge >= 0.3 is 0 Å². The molecule has 2 N–H and O–H groups in total. The first-order valence-corrected chi connectivity index (χ1v) is 5.46. The van der Waals surface area contributed by atoms with Crippen LogP contribution in [0.5, 0.6) is 5.75 Å². The lowest BCUT2D eigenvalue weighted by atomic mass is 10.2. The molecule has 3 aromatic rings. The van der Waals surface area contributed by atoms with Gasteiger partial charge in [0.15, 0.2) is 5.65 Å². The van der Waals surface area contributed by atoms with Crippen LogP contribution in [0.15, 0.2) is 30.3 Å². The van der Waals surface area contributed by atoms with E-state index in [1.807, 2.05) is 19.1 Å². The van der Waals surface area contributed by atoms with Gasteiger partial charge in [0.1, 0.15) is 17.4 Å². The van der Waals surface area contributed by atoms with Gasteiger partial charge < -0.3 is 10.1 Å². The van der Waals surface area contributed by atoms with Crippen molar-refractivity contribution in [2.24, 2.45) is 0 Å². The summed E-state index contributed by atoms with van der Waals surface area (Å²) in [5.41, 5.74) is 2.47. The lowest BCUT2D eigenvalue weighted by Gasteiger charge is -2.00. The summed E-state index contributed by atoms with van der Waals surface area (Å²) in [5.74, 6) is -0.0420. The van der Waals surface area contributed by atoms with Gasteiger partial charge in [0.25, 0.3) is 0 Å². The molecule has 0 spiro atoms. The number of halogens is 1. The molecule has 0 unspecified atom stereocenters. The van der Waals surface area contributed by atoms with Crippen molar-refractivity contribution >= 4 is 11.2 Å². The van der Waals surface area contributed by atoms with Crippen LogP contribution in [0.4, 0.5) is 4.39 Å². The quantitative estimate of drug-likeness (QED) is 0.690. The Labute approximate surface area is 102 Å². The second-order valence-corrected chi connectivity index (χ2v) is 4.07. The highest BCUT2D eigenvalue weighted by Gasteiger charge is 2.11. The van der Waals surface area contributed by atoms with Crippen molar-refractivity contribution in [2.45, 2.75) is 6.92 Å². The fourth-order valence-electron chi connectivity index (χ4n) is 1.81. The molecule has 0 amide bonds. The second kappa shape index (κ2) is 3.80. The SMILES string of the molecule is Cc1ccc2[nH]c(-c3cc(F)ccc3O)nc2n1. The molecule has 0 aliphatic rings. The maximum Gasteiger partial charge on any atom is 0.178 e. The average molecular weight is 243 g/mol. The molecule has 0 fully saturated rings. The average Bonchev–Trinajstić information content (AvgIpc) is 2.74. The summed E-state index contributed by atoms with van der Waals surface area (Å²) < 4.78 is 13.2.